The summed E-state index contributed by atoms with van der Waals surface area (Å²) in [5, 5.41) is 3.50. The number of benzene rings is 2. The maximum absolute atomic E-state index is 5.69. The molecule has 0 amide bonds. The Morgan fingerprint density at radius 1 is 1.15 bits per heavy atom. The van der Waals surface area contributed by atoms with Gasteiger partial charge in [-0.05, 0) is 54.0 Å². The highest BCUT2D eigenvalue weighted by Crippen LogP contribution is 2.32. The van der Waals surface area contributed by atoms with E-state index in [0.717, 1.165) is 25.9 Å². The van der Waals surface area contributed by atoms with E-state index in [1.807, 2.05) is 43.3 Å². The number of para-hydroxylation sites is 1. The number of ether oxygens (including phenoxy) is 1. The molecule has 0 bridgehead atoms. The first-order chi connectivity index (χ1) is 9.61. The molecule has 2 nitrogen and oxygen atoms in total. The molecule has 0 saturated heterocycles. The molecule has 0 fully saturated rings. The van der Waals surface area contributed by atoms with Crippen molar-refractivity contribution in [2.24, 2.45) is 0 Å². The van der Waals surface area contributed by atoms with Crippen molar-refractivity contribution in [3.05, 3.63) is 57.0 Å². The zero-order valence-electron chi connectivity index (χ0n) is 11.5. The molecule has 20 heavy (non-hydrogen) atoms. The maximum atomic E-state index is 5.69. The topological polar surface area (TPSA) is 21.3 Å². The lowest BCUT2D eigenvalue weighted by molar-refractivity contribution is 0.335. The van der Waals surface area contributed by atoms with Gasteiger partial charge in [-0.3, -0.25) is 0 Å². The molecule has 2 rings (SSSR count). The fourth-order valence-electron chi connectivity index (χ4n) is 2.04. The number of nitrogens with one attached hydrogen (secondary N) is 1. The van der Waals surface area contributed by atoms with E-state index < -0.39 is 0 Å². The summed E-state index contributed by atoms with van der Waals surface area (Å²) in [6.45, 7) is 4.80. The third-order valence-electron chi connectivity index (χ3n) is 2.99. The normalized spacial score (nSPS) is 12.0. The number of anilines is 1. The second kappa shape index (κ2) is 7.14. The predicted octanol–water partition coefficient (Wildman–Crippen LogP) is 5.78. The van der Waals surface area contributed by atoms with Crippen LogP contribution in [0.5, 0.6) is 5.75 Å². The van der Waals surface area contributed by atoms with Gasteiger partial charge < -0.3 is 10.1 Å². The summed E-state index contributed by atoms with van der Waals surface area (Å²) in [5.41, 5.74) is 2.22. The van der Waals surface area contributed by atoms with Crippen LogP contribution < -0.4 is 10.1 Å². The molecular weight excluding hydrogens is 382 g/mol. The second-order valence-electron chi connectivity index (χ2n) is 4.46. The number of halogens is 2. The number of hydrogen-bond donors (Lipinski definition) is 1. The highest BCUT2D eigenvalue weighted by atomic mass is 79.9. The third kappa shape index (κ3) is 3.76. The van der Waals surface area contributed by atoms with Gasteiger partial charge in [0, 0.05) is 20.2 Å². The summed E-state index contributed by atoms with van der Waals surface area (Å²) >= 11 is 7.04. The lowest BCUT2D eigenvalue weighted by Gasteiger charge is -2.20. The molecule has 0 spiro atoms. The van der Waals surface area contributed by atoms with Crippen LogP contribution >= 0.6 is 31.9 Å². The highest BCUT2D eigenvalue weighted by molar-refractivity contribution is 9.11. The van der Waals surface area contributed by atoms with Gasteiger partial charge >= 0.3 is 0 Å². The predicted molar refractivity (Wildman–Crippen MR) is 91.5 cm³/mol. The van der Waals surface area contributed by atoms with Crippen molar-refractivity contribution < 1.29 is 4.74 Å². The van der Waals surface area contributed by atoms with E-state index in [-0.39, 0.29) is 6.04 Å². The molecule has 4 heteroatoms. The van der Waals surface area contributed by atoms with Gasteiger partial charge in [0.05, 0.1) is 12.6 Å². The van der Waals surface area contributed by atoms with E-state index in [2.05, 4.69) is 50.2 Å². The Kier molecular flexibility index (Phi) is 5.49. The van der Waals surface area contributed by atoms with Crippen LogP contribution in [0, 0.1) is 0 Å². The third-order valence-corrected chi connectivity index (χ3v) is 4.14. The summed E-state index contributed by atoms with van der Waals surface area (Å²) in [4.78, 5) is 0. The fraction of sp³-hybridized carbons (Fsp3) is 0.250. The molecule has 106 valence electrons. The Bertz CT molecular complexity index is 586. The van der Waals surface area contributed by atoms with Crippen LogP contribution in [0.3, 0.4) is 0 Å². The Hall–Kier alpha value is -1.000. The molecule has 2 aromatic carbocycles. The zero-order valence-corrected chi connectivity index (χ0v) is 14.7. The number of rotatable bonds is 5. The van der Waals surface area contributed by atoms with E-state index in [0.29, 0.717) is 6.61 Å². The molecule has 0 aliphatic heterocycles. The minimum Gasteiger partial charge on any atom is -0.494 e. The second-order valence-corrected chi connectivity index (χ2v) is 6.23. The van der Waals surface area contributed by atoms with Gasteiger partial charge in [-0.1, -0.05) is 34.1 Å². The van der Waals surface area contributed by atoms with E-state index in [9.17, 15) is 0 Å². The fourth-order valence-corrected chi connectivity index (χ4v) is 3.20. The molecule has 0 heterocycles. The Morgan fingerprint density at radius 3 is 2.60 bits per heavy atom. The lowest BCUT2D eigenvalue weighted by Crippen LogP contribution is -2.09. The lowest BCUT2D eigenvalue weighted by atomic mass is 10.1. The van der Waals surface area contributed by atoms with Crippen LogP contribution in [0.25, 0.3) is 0 Å². The smallest absolute Gasteiger partial charge is 0.124 e. The molecule has 1 N–H and O–H groups in total. The first-order valence-electron chi connectivity index (χ1n) is 6.55. The van der Waals surface area contributed by atoms with Crippen molar-refractivity contribution in [3.63, 3.8) is 0 Å². The van der Waals surface area contributed by atoms with Crippen molar-refractivity contribution in [2.75, 3.05) is 11.9 Å². The average Bonchev–Trinajstić information content (AvgIpc) is 2.43. The molecule has 0 radical (unpaired) electrons. The zero-order chi connectivity index (χ0) is 14.5. The summed E-state index contributed by atoms with van der Waals surface area (Å²) in [6, 6.07) is 14.4. The van der Waals surface area contributed by atoms with Crippen LogP contribution in [0.15, 0.2) is 51.4 Å². The summed E-state index contributed by atoms with van der Waals surface area (Å²) < 4.78 is 7.77. The minimum atomic E-state index is 0.162. The highest BCUT2D eigenvalue weighted by Gasteiger charge is 2.12. The van der Waals surface area contributed by atoms with Crippen molar-refractivity contribution >= 4 is 37.5 Å². The molecule has 1 atom stereocenters. The molecule has 1 unspecified atom stereocenters. The van der Waals surface area contributed by atoms with E-state index in [1.165, 1.54) is 0 Å². The van der Waals surface area contributed by atoms with Crippen LogP contribution in [-0.2, 0) is 0 Å². The minimum absolute atomic E-state index is 0.162. The molecule has 0 aliphatic carbocycles. The van der Waals surface area contributed by atoms with Crippen LogP contribution in [0.2, 0.25) is 0 Å². The van der Waals surface area contributed by atoms with Crippen LogP contribution in [0.1, 0.15) is 25.5 Å². The summed E-state index contributed by atoms with van der Waals surface area (Å²) in [5.74, 6) is 0.934. The number of hydrogen-bond acceptors (Lipinski definition) is 2. The summed E-state index contributed by atoms with van der Waals surface area (Å²) in [6.07, 6.45) is 0. The summed E-state index contributed by atoms with van der Waals surface area (Å²) in [7, 11) is 0. The van der Waals surface area contributed by atoms with Crippen molar-refractivity contribution in [1.82, 2.24) is 0 Å². The van der Waals surface area contributed by atoms with Crippen molar-refractivity contribution in [2.45, 2.75) is 19.9 Å². The first-order valence-corrected chi connectivity index (χ1v) is 8.13. The van der Waals surface area contributed by atoms with E-state index >= 15 is 0 Å². The van der Waals surface area contributed by atoms with E-state index in [1.54, 1.807) is 0 Å². The molecule has 0 saturated carbocycles. The van der Waals surface area contributed by atoms with Gasteiger partial charge in [0.25, 0.3) is 0 Å². The van der Waals surface area contributed by atoms with E-state index in [4.69, 9.17) is 4.74 Å². The molecule has 2 aromatic rings. The molecular formula is C16H17Br2NO. The first kappa shape index (κ1) is 15.4. The average molecular weight is 399 g/mol. The molecule has 0 aliphatic rings. The van der Waals surface area contributed by atoms with Gasteiger partial charge in [0.2, 0.25) is 0 Å². The molecule has 0 aromatic heterocycles. The van der Waals surface area contributed by atoms with Crippen molar-refractivity contribution in [1.29, 1.82) is 0 Å². The van der Waals surface area contributed by atoms with Crippen LogP contribution in [0.4, 0.5) is 5.69 Å². The maximum Gasteiger partial charge on any atom is 0.124 e. The monoisotopic (exact) mass is 397 g/mol. The van der Waals surface area contributed by atoms with Gasteiger partial charge in [-0.2, -0.15) is 0 Å². The van der Waals surface area contributed by atoms with Gasteiger partial charge in [0.1, 0.15) is 5.75 Å². The Balaban J connectivity index is 2.21. The standard InChI is InChI=1S/C16H17Br2NO/c1-3-20-16-7-5-4-6-13(16)11(2)19-15-9-8-12(17)10-14(15)18/h4-11,19H,3H2,1-2H3. The van der Waals surface area contributed by atoms with Gasteiger partial charge in [0.15, 0.2) is 0 Å². The van der Waals surface area contributed by atoms with Gasteiger partial charge in [-0.15, -0.1) is 0 Å². The SMILES string of the molecule is CCOc1ccccc1C(C)Nc1ccc(Br)cc1Br. The Labute approximate surface area is 136 Å². The largest absolute Gasteiger partial charge is 0.494 e. The Morgan fingerprint density at radius 2 is 1.90 bits per heavy atom. The quantitative estimate of drug-likeness (QED) is 0.688. The van der Waals surface area contributed by atoms with Crippen molar-refractivity contribution in [3.8, 4) is 5.75 Å². The van der Waals surface area contributed by atoms with Crippen LogP contribution in [-0.4, -0.2) is 6.61 Å². The van der Waals surface area contributed by atoms with Gasteiger partial charge in [-0.25, -0.2) is 0 Å².